The van der Waals surface area contributed by atoms with Crippen molar-refractivity contribution in [2.45, 2.75) is 26.9 Å². The number of ether oxygens (including phenoxy) is 1. The van der Waals surface area contributed by atoms with E-state index in [0.29, 0.717) is 26.5 Å². The lowest BCUT2D eigenvalue weighted by Crippen LogP contribution is -2.12. The lowest BCUT2D eigenvalue weighted by Gasteiger charge is -2.06. The number of carbonyl (C=O) groups excluding carboxylic acids is 1. The highest BCUT2D eigenvalue weighted by atomic mass is 32.1. The van der Waals surface area contributed by atoms with Crippen LogP contribution in [0.25, 0.3) is 21.6 Å². The molecule has 0 spiro atoms. The van der Waals surface area contributed by atoms with Crippen molar-refractivity contribution in [2.24, 2.45) is 0 Å². The smallest absolute Gasteiger partial charge is 0.348 e. The van der Waals surface area contributed by atoms with Crippen LogP contribution in [0.4, 0.5) is 0 Å². The normalized spacial score (nSPS) is 11.1. The van der Waals surface area contributed by atoms with E-state index in [0.717, 1.165) is 5.56 Å². The van der Waals surface area contributed by atoms with Gasteiger partial charge in [0.2, 0.25) is 0 Å². The number of fused-ring (bicyclic) bond motifs is 1. The van der Waals surface area contributed by atoms with Gasteiger partial charge in [0.1, 0.15) is 15.5 Å². The van der Waals surface area contributed by atoms with Crippen LogP contribution in [-0.2, 0) is 4.74 Å². The van der Waals surface area contributed by atoms with Gasteiger partial charge in [0.05, 0.1) is 11.5 Å². The Balaban J connectivity index is 2.15. The standard InChI is InChI=1S/C17H16N2O3S/c1-9(2)22-17(21)13-10(3)12-15(20)18-14(19-16(12)23-13)11-7-5-4-6-8-11/h4-9H,1-3H3,(H,18,19,20). The Morgan fingerprint density at radius 1 is 1.26 bits per heavy atom. The van der Waals surface area contributed by atoms with Gasteiger partial charge in [0.15, 0.2) is 0 Å². The minimum atomic E-state index is -0.416. The zero-order valence-electron chi connectivity index (χ0n) is 13.0. The number of hydrogen-bond acceptors (Lipinski definition) is 5. The summed E-state index contributed by atoms with van der Waals surface area (Å²) in [6.45, 7) is 5.33. The van der Waals surface area contributed by atoms with Crippen molar-refractivity contribution in [1.82, 2.24) is 9.97 Å². The molecule has 0 aliphatic heterocycles. The van der Waals surface area contributed by atoms with E-state index in [1.54, 1.807) is 20.8 Å². The first-order valence-corrected chi connectivity index (χ1v) is 8.09. The van der Waals surface area contributed by atoms with Gasteiger partial charge in [0.25, 0.3) is 5.56 Å². The molecule has 23 heavy (non-hydrogen) atoms. The summed E-state index contributed by atoms with van der Waals surface area (Å²) < 4.78 is 5.23. The number of aromatic nitrogens is 2. The fraction of sp³-hybridized carbons (Fsp3) is 0.235. The maximum atomic E-state index is 12.4. The zero-order chi connectivity index (χ0) is 16.6. The molecule has 0 fully saturated rings. The quantitative estimate of drug-likeness (QED) is 0.747. The fourth-order valence-electron chi connectivity index (χ4n) is 2.34. The molecule has 3 aromatic rings. The van der Waals surface area contributed by atoms with Crippen LogP contribution in [0.1, 0.15) is 29.1 Å². The number of hydrogen-bond donors (Lipinski definition) is 1. The van der Waals surface area contributed by atoms with E-state index < -0.39 is 5.97 Å². The summed E-state index contributed by atoms with van der Waals surface area (Å²) in [6, 6.07) is 9.40. The van der Waals surface area contributed by atoms with Crippen LogP contribution >= 0.6 is 11.3 Å². The van der Waals surface area contributed by atoms with Crippen LogP contribution in [0.2, 0.25) is 0 Å². The van der Waals surface area contributed by atoms with E-state index in [-0.39, 0.29) is 11.7 Å². The number of aromatic amines is 1. The summed E-state index contributed by atoms with van der Waals surface area (Å²) in [5, 5.41) is 0.449. The molecule has 6 heteroatoms. The molecule has 3 rings (SSSR count). The summed E-state index contributed by atoms with van der Waals surface area (Å²) in [5.41, 5.74) is 1.19. The monoisotopic (exact) mass is 328 g/mol. The summed E-state index contributed by atoms with van der Waals surface area (Å²) >= 11 is 1.19. The number of thiophene rings is 1. The minimum Gasteiger partial charge on any atom is -0.459 e. The van der Waals surface area contributed by atoms with Gasteiger partial charge in [-0.25, -0.2) is 9.78 Å². The molecule has 2 heterocycles. The number of aryl methyl sites for hydroxylation is 1. The highest BCUT2D eigenvalue weighted by molar-refractivity contribution is 7.20. The molecule has 0 aliphatic rings. The molecule has 0 saturated carbocycles. The van der Waals surface area contributed by atoms with Crippen LogP contribution < -0.4 is 5.56 Å². The van der Waals surface area contributed by atoms with Crippen molar-refractivity contribution in [3.05, 3.63) is 51.1 Å². The van der Waals surface area contributed by atoms with Gasteiger partial charge in [-0.2, -0.15) is 0 Å². The van der Waals surface area contributed by atoms with Crippen molar-refractivity contribution in [1.29, 1.82) is 0 Å². The molecule has 0 radical (unpaired) electrons. The van der Waals surface area contributed by atoms with Crippen molar-refractivity contribution in [3.8, 4) is 11.4 Å². The van der Waals surface area contributed by atoms with Crippen molar-refractivity contribution in [2.75, 3.05) is 0 Å². The Hall–Kier alpha value is -2.47. The second kappa shape index (κ2) is 5.96. The average molecular weight is 328 g/mol. The van der Waals surface area contributed by atoms with Crippen LogP contribution in [0, 0.1) is 6.92 Å². The molecular formula is C17H16N2O3S. The second-order valence-electron chi connectivity index (χ2n) is 5.47. The SMILES string of the molecule is Cc1c(C(=O)OC(C)C)sc2nc(-c3ccccc3)[nH]c(=O)c12. The van der Waals surface area contributed by atoms with Gasteiger partial charge in [-0.15, -0.1) is 11.3 Å². The van der Waals surface area contributed by atoms with Gasteiger partial charge in [0, 0.05) is 5.56 Å². The van der Waals surface area contributed by atoms with Crippen LogP contribution in [0.5, 0.6) is 0 Å². The minimum absolute atomic E-state index is 0.210. The first-order valence-electron chi connectivity index (χ1n) is 7.27. The summed E-state index contributed by atoms with van der Waals surface area (Å²) in [7, 11) is 0. The third-order valence-electron chi connectivity index (χ3n) is 3.38. The van der Waals surface area contributed by atoms with Gasteiger partial charge >= 0.3 is 5.97 Å². The van der Waals surface area contributed by atoms with Crippen molar-refractivity contribution >= 4 is 27.5 Å². The number of benzene rings is 1. The van der Waals surface area contributed by atoms with Crippen molar-refractivity contribution < 1.29 is 9.53 Å². The second-order valence-corrected chi connectivity index (χ2v) is 6.47. The van der Waals surface area contributed by atoms with Crippen LogP contribution in [0.3, 0.4) is 0 Å². The summed E-state index contributed by atoms with van der Waals surface area (Å²) in [6.07, 6.45) is -0.210. The fourth-order valence-corrected chi connectivity index (χ4v) is 3.40. The Bertz CT molecular complexity index is 926. The number of nitrogens with one attached hydrogen (secondary N) is 1. The van der Waals surface area contributed by atoms with Gasteiger partial charge in [-0.1, -0.05) is 30.3 Å². The number of esters is 1. The third kappa shape index (κ3) is 2.90. The highest BCUT2D eigenvalue weighted by Crippen LogP contribution is 2.29. The third-order valence-corrected chi connectivity index (χ3v) is 4.54. The lowest BCUT2D eigenvalue weighted by molar-refractivity contribution is 0.0383. The van der Waals surface area contributed by atoms with Crippen molar-refractivity contribution in [3.63, 3.8) is 0 Å². The molecule has 1 aromatic carbocycles. The van der Waals surface area contributed by atoms with Crippen LogP contribution in [-0.4, -0.2) is 22.0 Å². The highest BCUT2D eigenvalue weighted by Gasteiger charge is 2.21. The van der Waals surface area contributed by atoms with Gasteiger partial charge in [-0.05, 0) is 26.3 Å². The molecule has 1 N–H and O–H groups in total. The molecule has 0 amide bonds. The zero-order valence-corrected chi connectivity index (χ0v) is 13.9. The number of nitrogens with zero attached hydrogens (tertiary/aromatic N) is 1. The predicted octanol–water partition coefficient (Wildman–Crippen LogP) is 3.53. The Morgan fingerprint density at radius 3 is 2.61 bits per heavy atom. The molecule has 0 aliphatic carbocycles. The molecular weight excluding hydrogens is 312 g/mol. The molecule has 2 aromatic heterocycles. The topological polar surface area (TPSA) is 72.0 Å². The molecule has 118 valence electrons. The largest absolute Gasteiger partial charge is 0.459 e. The van der Waals surface area contributed by atoms with E-state index in [1.807, 2.05) is 30.3 Å². The van der Waals surface area contributed by atoms with E-state index in [1.165, 1.54) is 11.3 Å². The van der Waals surface area contributed by atoms with E-state index in [9.17, 15) is 9.59 Å². The Kier molecular flexibility index (Phi) is 4.00. The maximum absolute atomic E-state index is 12.4. The first-order chi connectivity index (χ1) is 11.0. The van der Waals surface area contributed by atoms with Gasteiger partial charge < -0.3 is 9.72 Å². The van der Waals surface area contributed by atoms with E-state index in [2.05, 4.69) is 9.97 Å². The number of H-pyrrole nitrogens is 1. The number of carbonyl (C=O) groups is 1. The predicted molar refractivity (Wildman–Crippen MR) is 91.0 cm³/mol. The number of rotatable bonds is 3. The molecule has 0 saturated heterocycles. The van der Waals surface area contributed by atoms with E-state index >= 15 is 0 Å². The molecule has 5 nitrogen and oxygen atoms in total. The lowest BCUT2D eigenvalue weighted by atomic mass is 10.2. The van der Waals surface area contributed by atoms with E-state index in [4.69, 9.17) is 4.74 Å². The van der Waals surface area contributed by atoms with Crippen LogP contribution in [0.15, 0.2) is 35.1 Å². The van der Waals surface area contributed by atoms with Gasteiger partial charge in [-0.3, -0.25) is 4.79 Å². The summed E-state index contributed by atoms with van der Waals surface area (Å²) in [4.78, 5) is 32.8. The Labute approximate surface area is 137 Å². The summed E-state index contributed by atoms with van der Waals surface area (Å²) in [5.74, 6) is 0.0780. The average Bonchev–Trinajstić information content (AvgIpc) is 2.85. The first kappa shape index (κ1) is 15.4. The molecule has 0 unspecified atom stereocenters. The Morgan fingerprint density at radius 2 is 1.96 bits per heavy atom. The maximum Gasteiger partial charge on any atom is 0.348 e. The molecule has 0 atom stereocenters. The molecule has 0 bridgehead atoms.